The third-order valence-electron chi connectivity index (χ3n) is 2.67. The number of nitrogens with one attached hydrogen (secondary N) is 1. The second-order valence-corrected chi connectivity index (χ2v) is 5.45. The highest BCUT2D eigenvalue weighted by Crippen LogP contribution is 2.30. The molecule has 1 aromatic carbocycles. The summed E-state index contributed by atoms with van der Waals surface area (Å²) in [6.07, 6.45) is 0.828. The van der Waals surface area contributed by atoms with Crippen molar-refractivity contribution in [3.05, 3.63) is 52.4 Å². The van der Waals surface area contributed by atoms with E-state index >= 15 is 0 Å². The number of nitrogens with zero attached hydrogens (tertiary/aromatic N) is 1. The lowest BCUT2D eigenvalue weighted by Crippen LogP contribution is -2.30. The molecule has 0 fully saturated rings. The van der Waals surface area contributed by atoms with Crippen LogP contribution in [-0.2, 0) is 0 Å². The van der Waals surface area contributed by atoms with Crippen LogP contribution in [0.4, 0.5) is 4.39 Å². The fourth-order valence-electron chi connectivity index (χ4n) is 1.64. The van der Waals surface area contributed by atoms with Gasteiger partial charge in [-0.05, 0) is 53.2 Å². The van der Waals surface area contributed by atoms with Crippen LogP contribution in [0.15, 0.2) is 41.0 Å². The third-order valence-corrected chi connectivity index (χ3v) is 3.29. The number of aromatic nitrogens is 1. The topological polar surface area (TPSA) is 71.5 Å². The Morgan fingerprint density at radius 2 is 2.27 bits per heavy atom. The normalized spacial score (nSPS) is 11.8. The van der Waals surface area contributed by atoms with Crippen molar-refractivity contribution in [3.63, 3.8) is 0 Å². The molecule has 0 spiro atoms. The van der Waals surface area contributed by atoms with Crippen LogP contribution in [0.1, 0.15) is 17.3 Å². The van der Waals surface area contributed by atoms with Crippen molar-refractivity contribution < 1.29 is 19.0 Å². The summed E-state index contributed by atoms with van der Waals surface area (Å²) in [6, 6.07) is 7.09. The number of carbonyl (C=O) groups is 1. The summed E-state index contributed by atoms with van der Waals surface area (Å²) in [6.45, 7) is 1.68. The first kappa shape index (κ1) is 16.4. The summed E-state index contributed by atoms with van der Waals surface area (Å²) in [5, 5.41) is 11.8. The zero-order valence-electron chi connectivity index (χ0n) is 11.7. The molecule has 0 aliphatic heterocycles. The summed E-state index contributed by atoms with van der Waals surface area (Å²) in [4.78, 5) is 16.1. The Kier molecular flexibility index (Phi) is 5.46. The van der Waals surface area contributed by atoms with Crippen molar-refractivity contribution in [3.8, 4) is 11.6 Å². The smallest absolute Gasteiger partial charge is 0.256 e. The molecule has 1 amide bonds. The number of amides is 1. The highest BCUT2D eigenvalue weighted by atomic mass is 79.9. The number of hydrogen-bond donors (Lipinski definition) is 2. The van der Waals surface area contributed by atoms with Gasteiger partial charge in [0.2, 0.25) is 5.88 Å². The van der Waals surface area contributed by atoms with Crippen LogP contribution < -0.4 is 10.1 Å². The monoisotopic (exact) mass is 368 g/mol. The second-order valence-electron chi connectivity index (χ2n) is 4.59. The summed E-state index contributed by atoms with van der Waals surface area (Å²) in [5.41, 5.74) is 0.222. The minimum absolute atomic E-state index is 0.0953. The number of halogens is 2. The minimum atomic E-state index is -0.656. The van der Waals surface area contributed by atoms with Crippen LogP contribution in [0.5, 0.6) is 11.6 Å². The average Bonchev–Trinajstić information content (AvgIpc) is 2.48. The molecule has 2 N–H and O–H groups in total. The number of ether oxygens (including phenoxy) is 1. The molecule has 1 unspecified atom stereocenters. The maximum atomic E-state index is 13.1. The van der Waals surface area contributed by atoms with E-state index in [1.165, 1.54) is 24.4 Å². The number of carbonyl (C=O) groups excluding carboxylic acids is 1. The zero-order chi connectivity index (χ0) is 16.1. The third kappa shape index (κ3) is 4.25. The van der Waals surface area contributed by atoms with Crippen molar-refractivity contribution in [2.24, 2.45) is 0 Å². The lowest BCUT2D eigenvalue weighted by atomic mass is 10.2. The van der Waals surface area contributed by atoms with E-state index in [9.17, 15) is 14.3 Å². The van der Waals surface area contributed by atoms with Crippen molar-refractivity contribution in [2.75, 3.05) is 6.54 Å². The molecule has 0 saturated carbocycles. The molecule has 1 heterocycles. The first-order chi connectivity index (χ1) is 10.5. The molecule has 7 heteroatoms. The Morgan fingerprint density at radius 3 is 2.95 bits per heavy atom. The Balaban J connectivity index is 2.22. The lowest BCUT2D eigenvalue weighted by molar-refractivity contribution is 0.0921. The van der Waals surface area contributed by atoms with Crippen LogP contribution in [0.2, 0.25) is 0 Å². The average molecular weight is 369 g/mol. The van der Waals surface area contributed by atoms with E-state index in [0.717, 1.165) is 0 Å². The quantitative estimate of drug-likeness (QED) is 0.850. The number of hydrogen-bond acceptors (Lipinski definition) is 4. The van der Waals surface area contributed by atoms with Crippen LogP contribution in [0, 0.1) is 5.82 Å². The molecule has 0 aliphatic carbocycles. The van der Waals surface area contributed by atoms with Crippen molar-refractivity contribution in [2.45, 2.75) is 13.0 Å². The van der Waals surface area contributed by atoms with E-state index in [1.807, 2.05) is 0 Å². The molecule has 5 nitrogen and oxygen atoms in total. The van der Waals surface area contributed by atoms with Gasteiger partial charge >= 0.3 is 0 Å². The van der Waals surface area contributed by atoms with E-state index in [0.29, 0.717) is 10.2 Å². The van der Waals surface area contributed by atoms with Gasteiger partial charge in [0.05, 0.1) is 10.6 Å². The van der Waals surface area contributed by atoms with Gasteiger partial charge in [-0.15, -0.1) is 0 Å². The molecule has 0 aliphatic rings. The molecule has 2 aromatic rings. The molecule has 2 rings (SSSR count). The molecule has 0 saturated heterocycles. The van der Waals surface area contributed by atoms with Crippen LogP contribution >= 0.6 is 15.9 Å². The zero-order valence-corrected chi connectivity index (χ0v) is 13.3. The largest absolute Gasteiger partial charge is 0.437 e. The van der Waals surface area contributed by atoms with Gasteiger partial charge in [0, 0.05) is 12.7 Å². The molecule has 0 bridgehead atoms. The molecular weight excluding hydrogens is 355 g/mol. The molecule has 1 aromatic heterocycles. The Hall–Kier alpha value is -1.99. The second kappa shape index (κ2) is 7.33. The number of rotatable bonds is 5. The SMILES string of the molecule is CC(O)CNC(=O)c1cccnc1Oc1ccc(F)cc1Br. The van der Waals surface area contributed by atoms with Crippen molar-refractivity contribution in [1.29, 1.82) is 0 Å². The van der Waals surface area contributed by atoms with E-state index in [4.69, 9.17) is 4.74 Å². The lowest BCUT2D eigenvalue weighted by Gasteiger charge is -2.12. The predicted octanol–water partition coefficient (Wildman–Crippen LogP) is 2.89. The molecule has 0 radical (unpaired) electrons. The molecule has 22 heavy (non-hydrogen) atoms. The summed E-state index contributed by atoms with van der Waals surface area (Å²) in [7, 11) is 0. The van der Waals surface area contributed by atoms with Gasteiger partial charge < -0.3 is 15.2 Å². The van der Waals surface area contributed by atoms with Gasteiger partial charge in [-0.3, -0.25) is 4.79 Å². The number of benzene rings is 1. The standard InChI is InChI=1S/C15H14BrFN2O3/c1-9(20)8-19-14(21)11-3-2-6-18-15(11)22-13-5-4-10(17)7-12(13)16/h2-7,9,20H,8H2,1H3,(H,19,21). The highest BCUT2D eigenvalue weighted by Gasteiger charge is 2.15. The van der Waals surface area contributed by atoms with Gasteiger partial charge in [0.1, 0.15) is 17.1 Å². The van der Waals surface area contributed by atoms with E-state index in [1.54, 1.807) is 19.1 Å². The van der Waals surface area contributed by atoms with Gasteiger partial charge in [-0.2, -0.15) is 0 Å². The Morgan fingerprint density at radius 1 is 1.50 bits per heavy atom. The molecule has 116 valence electrons. The van der Waals surface area contributed by atoms with Gasteiger partial charge in [0.15, 0.2) is 0 Å². The van der Waals surface area contributed by atoms with Crippen molar-refractivity contribution in [1.82, 2.24) is 10.3 Å². The van der Waals surface area contributed by atoms with Crippen LogP contribution in [0.3, 0.4) is 0 Å². The first-order valence-corrected chi connectivity index (χ1v) is 7.31. The van der Waals surface area contributed by atoms with E-state index < -0.39 is 17.8 Å². The summed E-state index contributed by atoms with van der Waals surface area (Å²) >= 11 is 3.19. The summed E-state index contributed by atoms with van der Waals surface area (Å²) < 4.78 is 19.1. The first-order valence-electron chi connectivity index (χ1n) is 6.51. The maximum absolute atomic E-state index is 13.1. The fraction of sp³-hybridized carbons (Fsp3) is 0.200. The van der Waals surface area contributed by atoms with Crippen molar-refractivity contribution >= 4 is 21.8 Å². The Bertz CT molecular complexity index is 680. The number of pyridine rings is 1. The minimum Gasteiger partial charge on any atom is -0.437 e. The Labute approximate surface area is 135 Å². The molecule has 1 atom stereocenters. The van der Waals surface area contributed by atoms with Gasteiger partial charge in [0.25, 0.3) is 5.91 Å². The van der Waals surface area contributed by atoms with Gasteiger partial charge in [-0.25, -0.2) is 9.37 Å². The van der Waals surface area contributed by atoms with Crippen LogP contribution in [0.25, 0.3) is 0 Å². The number of aliphatic hydroxyl groups excluding tert-OH is 1. The fourth-order valence-corrected chi connectivity index (χ4v) is 2.07. The van der Waals surface area contributed by atoms with E-state index in [-0.39, 0.29) is 18.0 Å². The van der Waals surface area contributed by atoms with Gasteiger partial charge in [-0.1, -0.05) is 0 Å². The van der Waals surface area contributed by atoms with Crippen LogP contribution in [-0.4, -0.2) is 28.6 Å². The van der Waals surface area contributed by atoms with E-state index in [2.05, 4.69) is 26.2 Å². The summed E-state index contributed by atoms with van der Waals surface area (Å²) in [5.74, 6) is -0.389. The highest BCUT2D eigenvalue weighted by molar-refractivity contribution is 9.10. The molecular formula is C15H14BrFN2O3. The number of aliphatic hydroxyl groups is 1. The maximum Gasteiger partial charge on any atom is 0.256 e. The predicted molar refractivity (Wildman–Crippen MR) is 82.4 cm³/mol.